The number of nitro benzene ring substituents is 1. The monoisotopic (exact) mass is 452 g/mol. The van der Waals surface area contributed by atoms with E-state index < -0.39 is 22.8 Å². The zero-order valence-electron chi connectivity index (χ0n) is 14.8. The van der Waals surface area contributed by atoms with Crippen LogP contribution in [0.5, 0.6) is 0 Å². The van der Waals surface area contributed by atoms with E-state index in [1.165, 1.54) is 30.3 Å². The van der Waals surface area contributed by atoms with Crippen molar-refractivity contribution >= 4 is 63.5 Å². The van der Waals surface area contributed by atoms with E-state index >= 15 is 0 Å². The number of carboxylic acids is 1. The summed E-state index contributed by atoms with van der Waals surface area (Å²) in [7, 11) is 0. The molecule has 1 fully saturated rings. The van der Waals surface area contributed by atoms with E-state index in [1.54, 1.807) is 13.0 Å². The van der Waals surface area contributed by atoms with Crippen LogP contribution in [0.1, 0.15) is 19.1 Å². The number of thioether (sulfide) groups is 1. The number of nitrogens with zero attached hydrogens (tertiary/aromatic N) is 2. The lowest BCUT2D eigenvalue weighted by atomic mass is 10.1. The summed E-state index contributed by atoms with van der Waals surface area (Å²) in [5, 5.41) is 20.8. The standard InChI is InChI=1S/C18H13ClN2O6S2/c1-2-12(17(23)24)20-16(22)15(29-18(20)28)8-10-4-6-14(27-10)11-5-3-9(19)7-13(11)21(25)26/h3-8,12H,2H2,1H3,(H,23,24)/b15-8+/t12-/m1/s1. The summed E-state index contributed by atoms with van der Waals surface area (Å²) in [4.78, 5) is 36.0. The van der Waals surface area contributed by atoms with Crippen LogP contribution < -0.4 is 0 Å². The molecule has 0 radical (unpaired) electrons. The third-order valence-corrected chi connectivity index (χ3v) is 5.69. The van der Waals surface area contributed by atoms with E-state index in [4.69, 9.17) is 28.2 Å². The van der Waals surface area contributed by atoms with Gasteiger partial charge in [0.25, 0.3) is 11.6 Å². The summed E-state index contributed by atoms with van der Waals surface area (Å²) in [6, 6.07) is 6.25. The summed E-state index contributed by atoms with van der Waals surface area (Å²) in [6.07, 6.45) is 1.64. The van der Waals surface area contributed by atoms with Crippen molar-refractivity contribution in [1.82, 2.24) is 4.90 Å². The van der Waals surface area contributed by atoms with Crippen molar-refractivity contribution < 1.29 is 24.0 Å². The Hall–Kier alpha value is -2.69. The maximum Gasteiger partial charge on any atom is 0.326 e. The molecule has 0 bridgehead atoms. The molecule has 0 saturated carbocycles. The van der Waals surface area contributed by atoms with Crippen LogP contribution in [0.2, 0.25) is 5.02 Å². The average molecular weight is 453 g/mol. The lowest BCUT2D eigenvalue weighted by Crippen LogP contribution is -2.43. The number of hydrogen-bond acceptors (Lipinski definition) is 7. The topological polar surface area (TPSA) is 114 Å². The fourth-order valence-electron chi connectivity index (χ4n) is 2.78. The predicted octanol–water partition coefficient (Wildman–Crippen LogP) is 4.57. The SMILES string of the molecule is CC[C@H](C(=O)O)N1C(=O)/C(=C\c2ccc(-c3ccc(Cl)cc3[N+](=O)[O-])o2)SC1=S. The number of thiocarbonyl (C=S) groups is 1. The van der Waals surface area contributed by atoms with E-state index in [1.807, 2.05) is 0 Å². The Morgan fingerprint density at radius 2 is 2.17 bits per heavy atom. The minimum absolute atomic E-state index is 0.149. The van der Waals surface area contributed by atoms with Gasteiger partial charge in [-0.25, -0.2) is 4.79 Å². The molecular formula is C18H13ClN2O6S2. The Morgan fingerprint density at radius 3 is 2.79 bits per heavy atom. The first kappa shape index (κ1) is 21.0. The quantitative estimate of drug-likeness (QED) is 0.293. The first-order valence-electron chi connectivity index (χ1n) is 8.27. The number of carbonyl (C=O) groups is 2. The van der Waals surface area contributed by atoms with Gasteiger partial charge >= 0.3 is 5.97 Å². The van der Waals surface area contributed by atoms with E-state index in [-0.39, 0.29) is 43.4 Å². The Morgan fingerprint density at radius 1 is 1.45 bits per heavy atom. The van der Waals surface area contributed by atoms with Gasteiger partial charge in [0.1, 0.15) is 21.9 Å². The molecule has 2 aromatic rings. The first-order chi connectivity index (χ1) is 13.7. The summed E-state index contributed by atoms with van der Waals surface area (Å²) in [5.74, 6) is -1.16. The number of furan rings is 1. The van der Waals surface area contributed by atoms with Crippen LogP contribution in [0, 0.1) is 10.1 Å². The van der Waals surface area contributed by atoms with Crippen LogP contribution in [0.3, 0.4) is 0 Å². The molecule has 1 saturated heterocycles. The Bertz CT molecular complexity index is 1060. The molecule has 29 heavy (non-hydrogen) atoms. The smallest absolute Gasteiger partial charge is 0.326 e. The van der Waals surface area contributed by atoms with Gasteiger partial charge in [0.05, 0.1) is 15.4 Å². The fraction of sp³-hybridized carbons (Fsp3) is 0.167. The van der Waals surface area contributed by atoms with Gasteiger partial charge in [-0.1, -0.05) is 42.5 Å². The fourth-order valence-corrected chi connectivity index (χ4v) is 4.29. The molecule has 0 spiro atoms. The Balaban J connectivity index is 1.92. The van der Waals surface area contributed by atoms with Crippen molar-refractivity contribution in [3.63, 3.8) is 0 Å². The van der Waals surface area contributed by atoms with E-state index in [0.29, 0.717) is 0 Å². The molecule has 1 aromatic carbocycles. The van der Waals surface area contributed by atoms with Crippen molar-refractivity contribution in [2.45, 2.75) is 19.4 Å². The van der Waals surface area contributed by atoms with E-state index in [0.717, 1.165) is 16.7 Å². The second-order valence-electron chi connectivity index (χ2n) is 5.93. The van der Waals surface area contributed by atoms with Crippen LogP contribution in [-0.2, 0) is 9.59 Å². The highest BCUT2D eigenvalue weighted by Gasteiger charge is 2.39. The van der Waals surface area contributed by atoms with Crippen LogP contribution >= 0.6 is 35.6 Å². The lowest BCUT2D eigenvalue weighted by Gasteiger charge is -2.21. The molecule has 8 nitrogen and oxygen atoms in total. The molecule has 1 aliphatic heterocycles. The first-order valence-corrected chi connectivity index (χ1v) is 9.87. The maximum atomic E-state index is 12.6. The zero-order chi connectivity index (χ0) is 21.3. The van der Waals surface area contributed by atoms with Gasteiger partial charge in [-0.2, -0.15) is 0 Å². The zero-order valence-corrected chi connectivity index (χ0v) is 17.2. The van der Waals surface area contributed by atoms with E-state index in [2.05, 4.69) is 0 Å². The van der Waals surface area contributed by atoms with Crippen molar-refractivity contribution in [1.29, 1.82) is 0 Å². The lowest BCUT2D eigenvalue weighted by molar-refractivity contribution is -0.384. The second-order valence-corrected chi connectivity index (χ2v) is 8.05. The number of nitro groups is 1. The molecular weight excluding hydrogens is 440 g/mol. The predicted molar refractivity (Wildman–Crippen MR) is 113 cm³/mol. The summed E-state index contributed by atoms with van der Waals surface area (Å²) in [5.41, 5.74) is 0.0282. The van der Waals surface area contributed by atoms with Gasteiger partial charge < -0.3 is 9.52 Å². The highest BCUT2D eigenvalue weighted by molar-refractivity contribution is 8.26. The molecule has 150 valence electrons. The number of hydrogen-bond donors (Lipinski definition) is 1. The van der Waals surface area contributed by atoms with Gasteiger partial charge in [-0.05, 0) is 30.7 Å². The van der Waals surface area contributed by atoms with Crippen molar-refractivity contribution in [3.8, 4) is 11.3 Å². The molecule has 1 aliphatic rings. The highest BCUT2D eigenvalue weighted by Crippen LogP contribution is 2.37. The van der Waals surface area contributed by atoms with Crippen LogP contribution in [-0.4, -0.2) is 37.2 Å². The molecule has 1 amide bonds. The van der Waals surface area contributed by atoms with Gasteiger partial charge in [-0.15, -0.1) is 0 Å². The number of aliphatic carboxylic acids is 1. The largest absolute Gasteiger partial charge is 0.480 e. The van der Waals surface area contributed by atoms with Crippen LogP contribution in [0.25, 0.3) is 17.4 Å². The van der Waals surface area contributed by atoms with Crippen molar-refractivity contribution in [2.24, 2.45) is 0 Å². The van der Waals surface area contributed by atoms with Crippen molar-refractivity contribution in [3.05, 3.63) is 56.1 Å². The van der Waals surface area contributed by atoms with Gasteiger partial charge in [0, 0.05) is 17.2 Å². The molecule has 0 unspecified atom stereocenters. The summed E-state index contributed by atoms with van der Waals surface area (Å²) in [6.45, 7) is 1.65. The maximum absolute atomic E-state index is 12.6. The minimum Gasteiger partial charge on any atom is -0.480 e. The highest BCUT2D eigenvalue weighted by atomic mass is 35.5. The van der Waals surface area contributed by atoms with Crippen LogP contribution in [0.15, 0.2) is 39.7 Å². The third-order valence-electron chi connectivity index (χ3n) is 4.13. The number of carboxylic acid groups (broad SMARTS) is 1. The molecule has 3 rings (SSSR count). The van der Waals surface area contributed by atoms with Gasteiger partial charge in [0.15, 0.2) is 0 Å². The number of carbonyl (C=O) groups excluding carboxylic acids is 1. The van der Waals surface area contributed by atoms with Gasteiger partial charge in [-0.3, -0.25) is 19.8 Å². The molecule has 11 heteroatoms. The average Bonchev–Trinajstić information content (AvgIpc) is 3.22. The third kappa shape index (κ3) is 4.19. The Kier molecular flexibility index (Phi) is 6.06. The number of amides is 1. The summed E-state index contributed by atoms with van der Waals surface area (Å²) >= 11 is 12.0. The number of benzene rings is 1. The molecule has 2 heterocycles. The molecule has 1 aromatic heterocycles. The Labute approximate surface area is 179 Å². The second kappa shape index (κ2) is 8.36. The molecule has 1 N–H and O–H groups in total. The van der Waals surface area contributed by atoms with Gasteiger partial charge in [0.2, 0.25) is 0 Å². The van der Waals surface area contributed by atoms with Crippen LogP contribution in [0.4, 0.5) is 5.69 Å². The minimum atomic E-state index is -1.14. The van der Waals surface area contributed by atoms with Crippen molar-refractivity contribution in [2.75, 3.05) is 0 Å². The normalized spacial score (nSPS) is 16.5. The number of halogens is 1. The van der Waals surface area contributed by atoms with E-state index in [9.17, 15) is 24.8 Å². The molecule has 1 atom stereocenters. The number of rotatable bonds is 6. The molecule has 0 aliphatic carbocycles. The summed E-state index contributed by atoms with van der Waals surface area (Å²) < 4.78 is 5.80.